The molecular weight excluding hydrogens is 314 g/mol. The molecule has 0 radical (unpaired) electrons. The topological polar surface area (TPSA) is 65.7 Å². The Morgan fingerprint density at radius 1 is 1.26 bits per heavy atom. The third kappa shape index (κ3) is 3.19. The summed E-state index contributed by atoms with van der Waals surface area (Å²) < 4.78 is 13.2. The van der Waals surface area contributed by atoms with Crippen LogP contribution in [-0.2, 0) is 0 Å². The van der Waals surface area contributed by atoms with Gasteiger partial charge in [-0.25, -0.2) is 4.98 Å². The number of ether oxygens (including phenoxy) is 2. The van der Waals surface area contributed by atoms with Gasteiger partial charge < -0.3 is 9.47 Å². The molecule has 0 bridgehead atoms. The van der Waals surface area contributed by atoms with E-state index in [9.17, 15) is 4.79 Å². The van der Waals surface area contributed by atoms with Crippen LogP contribution in [0.4, 0.5) is 0 Å². The summed E-state index contributed by atoms with van der Waals surface area (Å²) in [6.07, 6.45) is 4.13. The monoisotopic (exact) mass is 331 g/mol. The van der Waals surface area contributed by atoms with Gasteiger partial charge in [-0.2, -0.15) is 9.61 Å². The summed E-state index contributed by atoms with van der Waals surface area (Å²) >= 11 is 1.31. The van der Waals surface area contributed by atoms with Crippen LogP contribution >= 0.6 is 11.3 Å². The Hall–Kier alpha value is -2.41. The predicted molar refractivity (Wildman–Crippen MR) is 89.3 cm³/mol. The molecule has 0 spiro atoms. The van der Waals surface area contributed by atoms with Gasteiger partial charge in [-0.1, -0.05) is 24.3 Å². The van der Waals surface area contributed by atoms with Crippen LogP contribution in [0.25, 0.3) is 11.0 Å². The highest BCUT2D eigenvalue weighted by Gasteiger charge is 2.08. The van der Waals surface area contributed by atoms with Crippen molar-refractivity contribution in [3.8, 4) is 11.5 Å². The van der Waals surface area contributed by atoms with E-state index in [1.54, 1.807) is 0 Å². The summed E-state index contributed by atoms with van der Waals surface area (Å²) in [5.41, 5.74) is 0.714. The fourth-order valence-corrected chi connectivity index (χ4v) is 3.02. The van der Waals surface area contributed by atoms with Crippen molar-refractivity contribution in [3.63, 3.8) is 0 Å². The highest BCUT2D eigenvalue weighted by atomic mass is 32.1. The molecule has 6 nitrogen and oxygen atoms in total. The van der Waals surface area contributed by atoms with Gasteiger partial charge in [0.1, 0.15) is 6.33 Å². The maximum Gasteiger partial charge on any atom is 0.291 e. The standard InChI is InChI=1S/C16H17N3O3S/c1-3-7-22-12-6-5-11(8-13(12)21-4-2)9-14-15(20)19-16(23-14)17-10-18-19/h5-6,8-10H,3-4,7H2,1-2H3. The summed E-state index contributed by atoms with van der Waals surface area (Å²) in [6.45, 7) is 5.17. The van der Waals surface area contributed by atoms with Crippen LogP contribution in [0, 0.1) is 0 Å². The number of thiazole rings is 1. The first kappa shape index (κ1) is 15.5. The van der Waals surface area contributed by atoms with Gasteiger partial charge in [-0.15, -0.1) is 0 Å². The number of hydrogen-bond acceptors (Lipinski definition) is 6. The van der Waals surface area contributed by atoms with E-state index >= 15 is 0 Å². The van der Waals surface area contributed by atoms with Gasteiger partial charge in [0.05, 0.1) is 17.7 Å². The van der Waals surface area contributed by atoms with E-state index in [0.29, 0.717) is 28.5 Å². The van der Waals surface area contributed by atoms with Gasteiger partial charge in [0, 0.05) is 0 Å². The van der Waals surface area contributed by atoms with Gasteiger partial charge in [-0.05, 0) is 37.1 Å². The minimum Gasteiger partial charge on any atom is -0.490 e. The van der Waals surface area contributed by atoms with E-state index in [-0.39, 0.29) is 5.56 Å². The summed E-state index contributed by atoms with van der Waals surface area (Å²) in [6, 6.07) is 5.65. The molecule has 0 aliphatic heterocycles. The lowest BCUT2D eigenvalue weighted by atomic mass is 10.2. The van der Waals surface area contributed by atoms with E-state index < -0.39 is 0 Å². The quantitative estimate of drug-likeness (QED) is 0.690. The molecule has 120 valence electrons. The molecule has 0 amide bonds. The largest absolute Gasteiger partial charge is 0.490 e. The number of aromatic nitrogens is 3. The molecule has 23 heavy (non-hydrogen) atoms. The SMILES string of the molecule is CCCOc1ccc(C=c2sc3ncnn3c2=O)cc1OCC. The first-order valence-electron chi connectivity index (χ1n) is 7.46. The molecular formula is C16H17N3O3S. The normalized spacial score (nSPS) is 12.0. The fourth-order valence-electron chi connectivity index (χ4n) is 2.14. The number of rotatable bonds is 6. The van der Waals surface area contributed by atoms with Crippen molar-refractivity contribution in [2.24, 2.45) is 0 Å². The number of nitrogens with zero attached hydrogens (tertiary/aromatic N) is 3. The zero-order valence-corrected chi connectivity index (χ0v) is 13.8. The molecule has 0 saturated carbocycles. The summed E-state index contributed by atoms with van der Waals surface area (Å²) in [7, 11) is 0. The average molecular weight is 331 g/mol. The molecule has 0 saturated heterocycles. The van der Waals surface area contributed by atoms with Crippen LogP contribution in [-0.4, -0.2) is 27.8 Å². The zero-order valence-electron chi connectivity index (χ0n) is 13.0. The molecule has 2 heterocycles. The number of fused-ring (bicyclic) bond motifs is 1. The maximum absolute atomic E-state index is 12.2. The molecule has 1 aromatic carbocycles. The zero-order chi connectivity index (χ0) is 16.2. The van der Waals surface area contributed by atoms with E-state index in [1.165, 1.54) is 22.2 Å². The smallest absolute Gasteiger partial charge is 0.291 e. The molecule has 3 aromatic rings. The lowest BCUT2D eigenvalue weighted by Gasteiger charge is -2.11. The van der Waals surface area contributed by atoms with Crippen molar-refractivity contribution in [2.75, 3.05) is 13.2 Å². The highest BCUT2D eigenvalue weighted by molar-refractivity contribution is 7.15. The second-order valence-corrected chi connectivity index (χ2v) is 5.87. The van der Waals surface area contributed by atoms with Gasteiger partial charge in [0.2, 0.25) is 4.96 Å². The van der Waals surface area contributed by atoms with Crippen molar-refractivity contribution < 1.29 is 9.47 Å². The number of hydrogen-bond donors (Lipinski definition) is 0. The van der Waals surface area contributed by atoms with E-state index in [1.807, 2.05) is 31.2 Å². The van der Waals surface area contributed by atoms with E-state index in [4.69, 9.17) is 9.47 Å². The molecule has 2 aromatic heterocycles. The lowest BCUT2D eigenvalue weighted by molar-refractivity contribution is 0.277. The van der Waals surface area contributed by atoms with Crippen molar-refractivity contribution >= 4 is 22.4 Å². The predicted octanol–water partition coefficient (Wildman–Crippen LogP) is 1.89. The fraction of sp³-hybridized carbons (Fsp3) is 0.312. The van der Waals surface area contributed by atoms with Crippen LogP contribution in [0.15, 0.2) is 29.3 Å². The third-order valence-corrected chi connectivity index (χ3v) is 4.12. The van der Waals surface area contributed by atoms with Gasteiger partial charge in [0.15, 0.2) is 11.5 Å². The summed E-state index contributed by atoms with van der Waals surface area (Å²) in [4.78, 5) is 16.8. The molecule has 0 aliphatic rings. The molecule has 0 aliphatic carbocycles. The molecule has 3 rings (SSSR count). The first-order valence-corrected chi connectivity index (χ1v) is 8.28. The van der Waals surface area contributed by atoms with Crippen LogP contribution < -0.4 is 19.6 Å². The number of benzene rings is 1. The van der Waals surface area contributed by atoms with Crippen LogP contribution in [0.5, 0.6) is 11.5 Å². The Balaban J connectivity index is 2.00. The van der Waals surface area contributed by atoms with Crippen molar-refractivity contribution in [1.29, 1.82) is 0 Å². The molecule has 0 fully saturated rings. The van der Waals surface area contributed by atoms with E-state index in [2.05, 4.69) is 17.0 Å². The van der Waals surface area contributed by atoms with Gasteiger partial charge in [0.25, 0.3) is 5.56 Å². The van der Waals surface area contributed by atoms with Crippen LogP contribution in [0.1, 0.15) is 25.8 Å². The second-order valence-electron chi connectivity index (χ2n) is 4.86. The van der Waals surface area contributed by atoms with Gasteiger partial charge >= 0.3 is 0 Å². The molecule has 0 unspecified atom stereocenters. The van der Waals surface area contributed by atoms with Crippen LogP contribution in [0.2, 0.25) is 0 Å². The molecule has 7 heteroatoms. The molecule has 0 N–H and O–H groups in total. The Labute approximate surface area is 137 Å². The Morgan fingerprint density at radius 2 is 2.13 bits per heavy atom. The van der Waals surface area contributed by atoms with Gasteiger partial charge in [-0.3, -0.25) is 4.79 Å². The van der Waals surface area contributed by atoms with Crippen LogP contribution in [0.3, 0.4) is 0 Å². The minimum absolute atomic E-state index is 0.160. The molecule has 0 atom stereocenters. The highest BCUT2D eigenvalue weighted by Crippen LogP contribution is 2.29. The Kier molecular flexibility index (Phi) is 4.57. The summed E-state index contributed by atoms with van der Waals surface area (Å²) in [5, 5.41) is 3.91. The van der Waals surface area contributed by atoms with Crippen molar-refractivity contribution in [3.05, 3.63) is 45.0 Å². The Morgan fingerprint density at radius 3 is 2.87 bits per heavy atom. The first-order chi connectivity index (χ1) is 11.2. The second kappa shape index (κ2) is 6.78. The average Bonchev–Trinajstić information content (AvgIpc) is 3.11. The van der Waals surface area contributed by atoms with Crippen molar-refractivity contribution in [1.82, 2.24) is 14.6 Å². The minimum atomic E-state index is -0.160. The maximum atomic E-state index is 12.2. The van der Waals surface area contributed by atoms with E-state index in [0.717, 1.165) is 17.7 Å². The van der Waals surface area contributed by atoms with Crippen molar-refractivity contribution in [2.45, 2.75) is 20.3 Å². The Bertz CT molecular complexity index is 916. The third-order valence-electron chi connectivity index (χ3n) is 3.15. The lowest BCUT2D eigenvalue weighted by Crippen LogP contribution is -2.23. The summed E-state index contributed by atoms with van der Waals surface area (Å²) in [5.74, 6) is 1.40.